The van der Waals surface area contributed by atoms with Crippen LogP contribution < -0.4 is 5.32 Å². The molecule has 0 aliphatic heterocycles. The highest BCUT2D eigenvalue weighted by Gasteiger charge is 2.12. The molecule has 0 saturated heterocycles. The zero-order valence-electron chi connectivity index (χ0n) is 11.7. The molecule has 6 heteroatoms. The number of nitrogens with zero attached hydrogens (tertiary/aromatic N) is 3. The molecule has 0 spiro atoms. The molecule has 1 N–H and O–H groups in total. The maximum absolute atomic E-state index is 10.9. The Hall–Kier alpha value is -2.21. The van der Waals surface area contributed by atoms with Crippen molar-refractivity contribution in [1.29, 1.82) is 0 Å². The molecule has 1 aromatic heterocycles. The summed E-state index contributed by atoms with van der Waals surface area (Å²) in [6.45, 7) is 5.96. The summed E-state index contributed by atoms with van der Waals surface area (Å²) in [6.07, 6.45) is 3.72. The van der Waals surface area contributed by atoms with Crippen molar-refractivity contribution in [3.05, 3.63) is 57.7 Å². The average Bonchev–Trinajstić information content (AvgIpc) is 2.88. The maximum Gasteiger partial charge on any atom is 0.272 e. The number of hydrogen-bond donors (Lipinski definition) is 1. The summed E-state index contributed by atoms with van der Waals surface area (Å²) >= 11 is 0. The highest BCUT2D eigenvalue weighted by atomic mass is 16.6. The topological polar surface area (TPSA) is 73.0 Å². The van der Waals surface area contributed by atoms with Crippen LogP contribution in [0.25, 0.3) is 0 Å². The molecule has 0 bridgehead atoms. The first-order chi connectivity index (χ1) is 9.63. The Balaban J connectivity index is 2.01. The van der Waals surface area contributed by atoms with Gasteiger partial charge in [0.2, 0.25) is 0 Å². The third-order valence-corrected chi connectivity index (χ3v) is 3.36. The van der Waals surface area contributed by atoms with Gasteiger partial charge in [-0.2, -0.15) is 0 Å². The van der Waals surface area contributed by atoms with Crippen molar-refractivity contribution in [2.24, 2.45) is 0 Å². The van der Waals surface area contributed by atoms with Gasteiger partial charge in [-0.05, 0) is 19.4 Å². The minimum Gasteiger partial charge on any atom is -0.334 e. The predicted molar refractivity (Wildman–Crippen MR) is 76.3 cm³/mol. The molecule has 1 heterocycles. The molecule has 20 heavy (non-hydrogen) atoms. The largest absolute Gasteiger partial charge is 0.334 e. The molecule has 6 nitrogen and oxygen atoms in total. The molecule has 2 rings (SSSR count). The highest BCUT2D eigenvalue weighted by Crippen LogP contribution is 2.20. The zero-order valence-corrected chi connectivity index (χ0v) is 11.7. The van der Waals surface area contributed by atoms with E-state index < -0.39 is 0 Å². The average molecular weight is 274 g/mol. The van der Waals surface area contributed by atoms with E-state index in [2.05, 4.69) is 21.8 Å². The Morgan fingerprint density at radius 1 is 1.40 bits per heavy atom. The van der Waals surface area contributed by atoms with Crippen LogP contribution in [-0.2, 0) is 19.6 Å². The molecule has 0 fully saturated rings. The van der Waals surface area contributed by atoms with Crippen molar-refractivity contribution in [3.63, 3.8) is 0 Å². The van der Waals surface area contributed by atoms with Gasteiger partial charge < -0.3 is 9.88 Å². The zero-order chi connectivity index (χ0) is 14.5. The first-order valence-electron chi connectivity index (χ1n) is 6.57. The van der Waals surface area contributed by atoms with Crippen molar-refractivity contribution in [2.75, 3.05) is 0 Å². The fraction of sp³-hybridized carbons (Fsp3) is 0.357. The lowest BCUT2D eigenvalue weighted by Gasteiger charge is -2.09. The van der Waals surface area contributed by atoms with Gasteiger partial charge in [0.15, 0.2) is 0 Å². The molecule has 2 aromatic rings. The smallest absolute Gasteiger partial charge is 0.272 e. The number of imidazole rings is 1. The Labute approximate surface area is 117 Å². The molecule has 1 aromatic carbocycles. The molecule has 0 amide bonds. The number of aryl methyl sites for hydroxylation is 1. The molecule has 0 unspecified atom stereocenters. The molecule has 0 atom stereocenters. The van der Waals surface area contributed by atoms with Crippen molar-refractivity contribution in [3.8, 4) is 0 Å². The number of nitro groups is 1. The Bertz CT molecular complexity index is 607. The van der Waals surface area contributed by atoms with Gasteiger partial charge in [0.25, 0.3) is 5.69 Å². The SMILES string of the molecule is CCn1ccnc1CNCc1cccc([N+](=O)[O-])c1C. The van der Waals surface area contributed by atoms with Gasteiger partial charge in [0.05, 0.1) is 11.5 Å². The van der Waals surface area contributed by atoms with E-state index in [0.717, 1.165) is 17.9 Å². The van der Waals surface area contributed by atoms with Gasteiger partial charge in [-0.25, -0.2) is 4.98 Å². The van der Waals surface area contributed by atoms with Gasteiger partial charge >= 0.3 is 0 Å². The number of hydrogen-bond acceptors (Lipinski definition) is 4. The molecule has 0 aliphatic carbocycles. The van der Waals surface area contributed by atoms with E-state index in [9.17, 15) is 10.1 Å². The number of benzene rings is 1. The van der Waals surface area contributed by atoms with Crippen molar-refractivity contribution >= 4 is 5.69 Å². The third kappa shape index (κ3) is 3.03. The van der Waals surface area contributed by atoms with Gasteiger partial charge in [-0.15, -0.1) is 0 Å². The lowest BCUT2D eigenvalue weighted by Crippen LogP contribution is -2.17. The van der Waals surface area contributed by atoms with E-state index in [1.807, 2.05) is 12.3 Å². The molecule has 0 aliphatic rings. The van der Waals surface area contributed by atoms with Crippen LogP contribution in [0.3, 0.4) is 0 Å². The van der Waals surface area contributed by atoms with E-state index in [0.29, 0.717) is 18.7 Å². The van der Waals surface area contributed by atoms with Crippen molar-refractivity contribution in [1.82, 2.24) is 14.9 Å². The van der Waals surface area contributed by atoms with Gasteiger partial charge in [0, 0.05) is 37.1 Å². The normalized spacial score (nSPS) is 10.7. The van der Waals surface area contributed by atoms with E-state index in [1.54, 1.807) is 19.2 Å². The van der Waals surface area contributed by atoms with Crippen LogP contribution in [0.5, 0.6) is 0 Å². The third-order valence-electron chi connectivity index (χ3n) is 3.36. The molecular formula is C14H18N4O2. The van der Waals surface area contributed by atoms with Gasteiger partial charge in [0.1, 0.15) is 5.82 Å². The van der Waals surface area contributed by atoms with Crippen LogP contribution in [0, 0.1) is 17.0 Å². The standard InChI is InChI=1S/C14H18N4O2/c1-3-17-8-7-16-14(17)10-15-9-12-5-4-6-13(11(12)2)18(19)20/h4-8,15H,3,9-10H2,1-2H3. The highest BCUT2D eigenvalue weighted by molar-refractivity contribution is 5.44. The van der Waals surface area contributed by atoms with Gasteiger partial charge in [-0.1, -0.05) is 12.1 Å². The first-order valence-corrected chi connectivity index (χ1v) is 6.57. The maximum atomic E-state index is 10.9. The second kappa shape index (κ2) is 6.29. The van der Waals surface area contributed by atoms with Crippen molar-refractivity contribution in [2.45, 2.75) is 33.5 Å². The van der Waals surface area contributed by atoms with Crippen LogP contribution in [0.2, 0.25) is 0 Å². The lowest BCUT2D eigenvalue weighted by atomic mass is 10.1. The van der Waals surface area contributed by atoms with Crippen LogP contribution in [0.15, 0.2) is 30.6 Å². The fourth-order valence-electron chi connectivity index (χ4n) is 2.16. The monoisotopic (exact) mass is 274 g/mol. The second-order valence-corrected chi connectivity index (χ2v) is 4.55. The quantitative estimate of drug-likeness (QED) is 0.648. The molecule has 0 saturated carbocycles. The van der Waals surface area contributed by atoms with Crippen LogP contribution in [0.4, 0.5) is 5.69 Å². The van der Waals surface area contributed by atoms with Crippen LogP contribution in [-0.4, -0.2) is 14.5 Å². The van der Waals surface area contributed by atoms with E-state index in [-0.39, 0.29) is 10.6 Å². The summed E-state index contributed by atoms with van der Waals surface area (Å²) in [5.74, 6) is 0.968. The molecule has 0 radical (unpaired) electrons. The van der Waals surface area contributed by atoms with Crippen LogP contribution in [0.1, 0.15) is 23.9 Å². The number of rotatable bonds is 6. The number of nitro benzene ring substituents is 1. The van der Waals surface area contributed by atoms with E-state index >= 15 is 0 Å². The predicted octanol–water partition coefficient (Wildman–Crippen LogP) is 2.41. The number of nitrogens with one attached hydrogen (secondary N) is 1. The van der Waals surface area contributed by atoms with E-state index in [1.165, 1.54) is 6.07 Å². The fourth-order valence-corrected chi connectivity index (χ4v) is 2.16. The summed E-state index contributed by atoms with van der Waals surface area (Å²) in [5, 5.41) is 14.2. The summed E-state index contributed by atoms with van der Waals surface area (Å²) < 4.78 is 2.06. The number of aromatic nitrogens is 2. The minimum absolute atomic E-state index is 0.166. The minimum atomic E-state index is -0.345. The van der Waals surface area contributed by atoms with Gasteiger partial charge in [-0.3, -0.25) is 10.1 Å². The summed E-state index contributed by atoms with van der Waals surface area (Å²) in [7, 11) is 0. The summed E-state index contributed by atoms with van der Waals surface area (Å²) in [6, 6.07) is 5.15. The van der Waals surface area contributed by atoms with E-state index in [4.69, 9.17) is 0 Å². The molecular weight excluding hydrogens is 256 g/mol. The molecule has 106 valence electrons. The Morgan fingerprint density at radius 3 is 2.90 bits per heavy atom. The Morgan fingerprint density at radius 2 is 2.20 bits per heavy atom. The second-order valence-electron chi connectivity index (χ2n) is 4.55. The van der Waals surface area contributed by atoms with Crippen molar-refractivity contribution < 1.29 is 4.92 Å². The summed E-state index contributed by atoms with van der Waals surface area (Å²) in [4.78, 5) is 14.8. The van der Waals surface area contributed by atoms with Crippen LogP contribution >= 0.6 is 0 Å². The lowest BCUT2D eigenvalue weighted by molar-refractivity contribution is -0.385. The Kier molecular flexibility index (Phi) is 4.47. The first kappa shape index (κ1) is 14.2. The summed E-state index contributed by atoms with van der Waals surface area (Å²) in [5.41, 5.74) is 1.82.